The van der Waals surface area contributed by atoms with E-state index in [0.717, 1.165) is 25.0 Å². The maximum absolute atomic E-state index is 6.58. The first kappa shape index (κ1) is 14.9. The van der Waals surface area contributed by atoms with Crippen LogP contribution in [0.4, 0.5) is 0 Å². The number of aryl methyl sites for hydroxylation is 1. The quantitative estimate of drug-likeness (QED) is 0.747. The normalized spacial score (nSPS) is 28.8. The summed E-state index contributed by atoms with van der Waals surface area (Å²) in [7, 11) is 0. The van der Waals surface area contributed by atoms with Crippen LogP contribution in [-0.4, -0.2) is 5.60 Å². The number of nitrogens with two attached hydrogens (primary N) is 1. The summed E-state index contributed by atoms with van der Waals surface area (Å²) < 4.78 is 6.58. The Morgan fingerprint density at radius 1 is 1.05 bits per heavy atom. The Kier molecular flexibility index (Phi) is 3.18. The van der Waals surface area contributed by atoms with E-state index in [-0.39, 0.29) is 11.6 Å². The molecule has 3 rings (SSSR count). The predicted octanol–water partition coefficient (Wildman–Crippen LogP) is 4.75. The van der Waals surface area contributed by atoms with Gasteiger partial charge in [-0.3, -0.25) is 0 Å². The maximum Gasteiger partial charge on any atom is 0.124 e. The largest absolute Gasteiger partial charge is 0.487 e. The standard InChI is InChI=1S/C19H29NO/c1-13-6-7-16-14(8-13)15(20)9-19(21-16)11-17(2,3)10-18(4,5)12-19/h6-8,15H,9-12,20H2,1-5H3/t15-/m0/s1. The van der Waals surface area contributed by atoms with E-state index in [2.05, 4.69) is 52.8 Å². The minimum Gasteiger partial charge on any atom is -0.487 e. The van der Waals surface area contributed by atoms with Gasteiger partial charge in [-0.05, 0) is 43.1 Å². The molecule has 2 heteroatoms. The fraction of sp³-hybridized carbons (Fsp3) is 0.684. The van der Waals surface area contributed by atoms with Crippen molar-refractivity contribution in [3.63, 3.8) is 0 Å². The summed E-state index contributed by atoms with van der Waals surface area (Å²) in [6.07, 6.45) is 4.40. The van der Waals surface area contributed by atoms with Crippen molar-refractivity contribution in [3.05, 3.63) is 29.3 Å². The van der Waals surface area contributed by atoms with E-state index in [4.69, 9.17) is 10.5 Å². The summed E-state index contributed by atoms with van der Waals surface area (Å²) in [4.78, 5) is 0. The Bertz CT molecular complexity index is 543. The van der Waals surface area contributed by atoms with Gasteiger partial charge >= 0.3 is 0 Å². The first-order valence-electron chi connectivity index (χ1n) is 8.15. The molecule has 1 heterocycles. The van der Waals surface area contributed by atoms with Gasteiger partial charge in [-0.2, -0.15) is 0 Å². The van der Waals surface area contributed by atoms with E-state index < -0.39 is 0 Å². The summed E-state index contributed by atoms with van der Waals surface area (Å²) in [5.41, 5.74) is 9.49. The third-order valence-corrected chi connectivity index (χ3v) is 5.04. The van der Waals surface area contributed by atoms with Gasteiger partial charge in [0.15, 0.2) is 0 Å². The van der Waals surface area contributed by atoms with E-state index in [9.17, 15) is 0 Å². The molecule has 0 unspecified atom stereocenters. The van der Waals surface area contributed by atoms with Gasteiger partial charge in [0.1, 0.15) is 11.4 Å². The second-order valence-electron chi connectivity index (χ2n) is 9.00. The van der Waals surface area contributed by atoms with Crippen LogP contribution < -0.4 is 10.5 Å². The first-order valence-corrected chi connectivity index (χ1v) is 8.15. The second-order valence-corrected chi connectivity index (χ2v) is 9.00. The molecule has 2 aliphatic rings. The fourth-order valence-electron chi connectivity index (χ4n) is 5.28. The highest BCUT2D eigenvalue weighted by Gasteiger charge is 2.51. The molecule has 21 heavy (non-hydrogen) atoms. The average molecular weight is 287 g/mol. The number of hydrogen-bond donors (Lipinski definition) is 1. The number of rotatable bonds is 0. The van der Waals surface area contributed by atoms with Crippen LogP contribution in [0, 0.1) is 17.8 Å². The van der Waals surface area contributed by atoms with Crippen LogP contribution in [0.3, 0.4) is 0 Å². The van der Waals surface area contributed by atoms with Crippen molar-refractivity contribution >= 4 is 0 Å². The molecule has 116 valence electrons. The van der Waals surface area contributed by atoms with E-state index in [1.807, 2.05) is 0 Å². The van der Waals surface area contributed by atoms with Gasteiger partial charge in [-0.15, -0.1) is 0 Å². The van der Waals surface area contributed by atoms with Crippen LogP contribution in [-0.2, 0) is 0 Å². The Balaban J connectivity index is 1.99. The molecular formula is C19H29NO. The van der Waals surface area contributed by atoms with Crippen LogP contribution in [0.2, 0.25) is 0 Å². The molecule has 2 N–H and O–H groups in total. The highest BCUT2D eigenvalue weighted by molar-refractivity contribution is 5.41. The molecule has 1 spiro atoms. The number of ether oxygens (including phenoxy) is 1. The SMILES string of the molecule is Cc1ccc2c(c1)[C@@H](N)CC1(CC(C)(C)CC(C)(C)C1)O2. The van der Waals surface area contributed by atoms with E-state index in [1.165, 1.54) is 17.5 Å². The maximum atomic E-state index is 6.58. The van der Waals surface area contributed by atoms with E-state index in [0.29, 0.717) is 10.8 Å². The first-order chi connectivity index (χ1) is 9.60. The monoisotopic (exact) mass is 287 g/mol. The lowest BCUT2D eigenvalue weighted by atomic mass is 9.58. The van der Waals surface area contributed by atoms with Crippen molar-refractivity contribution < 1.29 is 4.74 Å². The van der Waals surface area contributed by atoms with Gasteiger partial charge in [0.05, 0.1) is 0 Å². The van der Waals surface area contributed by atoms with Gasteiger partial charge < -0.3 is 10.5 Å². The van der Waals surface area contributed by atoms with Crippen LogP contribution in [0.1, 0.15) is 70.5 Å². The Morgan fingerprint density at radius 2 is 1.67 bits per heavy atom. The topological polar surface area (TPSA) is 35.2 Å². The summed E-state index contributed by atoms with van der Waals surface area (Å²) >= 11 is 0. The predicted molar refractivity (Wildman–Crippen MR) is 87.5 cm³/mol. The van der Waals surface area contributed by atoms with Gasteiger partial charge in [0, 0.05) is 18.0 Å². The Morgan fingerprint density at radius 3 is 2.29 bits per heavy atom. The van der Waals surface area contributed by atoms with Crippen LogP contribution in [0.15, 0.2) is 18.2 Å². The zero-order valence-electron chi connectivity index (χ0n) is 14.1. The van der Waals surface area contributed by atoms with Gasteiger partial charge in [-0.1, -0.05) is 45.4 Å². The minimum absolute atomic E-state index is 0.0904. The van der Waals surface area contributed by atoms with Gasteiger partial charge in [-0.25, -0.2) is 0 Å². The average Bonchev–Trinajstić information content (AvgIpc) is 2.25. The molecule has 1 aromatic carbocycles. The fourth-order valence-corrected chi connectivity index (χ4v) is 5.28. The molecule has 1 saturated carbocycles. The van der Waals surface area contributed by atoms with Crippen molar-refractivity contribution in [2.75, 3.05) is 0 Å². The van der Waals surface area contributed by atoms with Gasteiger partial charge in [0.2, 0.25) is 0 Å². The summed E-state index contributed by atoms with van der Waals surface area (Å²) in [5, 5.41) is 0. The zero-order chi connectivity index (χ0) is 15.5. The third kappa shape index (κ3) is 2.83. The van der Waals surface area contributed by atoms with Crippen molar-refractivity contribution in [1.29, 1.82) is 0 Å². The summed E-state index contributed by atoms with van der Waals surface area (Å²) in [6, 6.07) is 6.52. The molecule has 2 nitrogen and oxygen atoms in total. The molecule has 1 fully saturated rings. The molecule has 1 aliphatic carbocycles. The van der Waals surface area contributed by atoms with Crippen molar-refractivity contribution in [2.24, 2.45) is 16.6 Å². The number of hydrogen-bond acceptors (Lipinski definition) is 2. The molecule has 0 aromatic heterocycles. The third-order valence-electron chi connectivity index (χ3n) is 5.04. The molecule has 0 saturated heterocycles. The molecule has 0 radical (unpaired) electrons. The van der Waals surface area contributed by atoms with Crippen LogP contribution in [0.25, 0.3) is 0 Å². The lowest BCUT2D eigenvalue weighted by Gasteiger charge is -2.54. The molecule has 1 atom stereocenters. The van der Waals surface area contributed by atoms with E-state index >= 15 is 0 Å². The zero-order valence-corrected chi connectivity index (χ0v) is 14.1. The summed E-state index contributed by atoms with van der Waals surface area (Å²) in [6.45, 7) is 11.6. The smallest absolute Gasteiger partial charge is 0.124 e. The van der Waals surface area contributed by atoms with Crippen molar-refractivity contribution in [3.8, 4) is 5.75 Å². The van der Waals surface area contributed by atoms with E-state index in [1.54, 1.807) is 0 Å². The lowest BCUT2D eigenvalue weighted by molar-refractivity contribution is -0.0839. The second kappa shape index (κ2) is 4.49. The molecular weight excluding hydrogens is 258 g/mol. The summed E-state index contributed by atoms with van der Waals surface area (Å²) in [5.74, 6) is 1.01. The number of benzene rings is 1. The lowest BCUT2D eigenvalue weighted by Crippen LogP contribution is -2.52. The molecule has 0 bridgehead atoms. The Labute approximate surface area is 129 Å². The Hall–Kier alpha value is -1.02. The molecule has 1 aromatic rings. The van der Waals surface area contributed by atoms with Crippen molar-refractivity contribution in [1.82, 2.24) is 0 Å². The highest BCUT2D eigenvalue weighted by Crippen LogP contribution is 2.55. The van der Waals surface area contributed by atoms with Crippen LogP contribution in [0.5, 0.6) is 5.75 Å². The minimum atomic E-state index is -0.0904. The highest BCUT2D eigenvalue weighted by atomic mass is 16.5. The van der Waals surface area contributed by atoms with Crippen LogP contribution >= 0.6 is 0 Å². The van der Waals surface area contributed by atoms with Crippen molar-refractivity contribution in [2.45, 2.75) is 71.9 Å². The molecule has 1 aliphatic heterocycles. The number of fused-ring (bicyclic) bond motifs is 1. The van der Waals surface area contributed by atoms with Gasteiger partial charge in [0.25, 0.3) is 0 Å². The molecule has 0 amide bonds.